The molecule has 2 atom stereocenters. The number of nitriles is 1. The molecule has 0 aromatic rings. The van der Waals surface area contributed by atoms with Crippen LogP contribution in [0, 0.1) is 23.2 Å². The molecule has 1 saturated carbocycles. The van der Waals surface area contributed by atoms with Gasteiger partial charge in [-0.25, -0.2) is 4.79 Å². The minimum atomic E-state index is -0.893. The average Bonchev–Trinajstić information content (AvgIpc) is 2.91. The number of ether oxygens (including phenoxy) is 1. The molecule has 1 aliphatic carbocycles. The number of carbonyl (C=O) groups is 2. The Balaban J connectivity index is 2.63. The van der Waals surface area contributed by atoms with Crippen LogP contribution in [0.15, 0.2) is 11.6 Å². The minimum Gasteiger partial charge on any atom is -0.481 e. The summed E-state index contributed by atoms with van der Waals surface area (Å²) in [6.45, 7) is 3.37. The van der Waals surface area contributed by atoms with E-state index in [4.69, 9.17) is 15.1 Å². The average molecular weight is 223 g/mol. The molecule has 0 unspecified atom stereocenters. The van der Waals surface area contributed by atoms with Gasteiger partial charge >= 0.3 is 11.9 Å². The van der Waals surface area contributed by atoms with Gasteiger partial charge in [0, 0.05) is 0 Å². The number of esters is 1. The van der Waals surface area contributed by atoms with Crippen LogP contribution in [0.25, 0.3) is 0 Å². The monoisotopic (exact) mass is 223 g/mol. The lowest BCUT2D eigenvalue weighted by Gasteiger charge is -2.06. The molecule has 0 heterocycles. The molecule has 0 spiro atoms. The van der Waals surface area contributed by atoms with Crippen LogP contribution in [0.2, 0.25) is 0 Å². The van der Waals surface area contributed by atoms with Gasteiger partial charge in [0.25, 0.3) is 0 Å². The molecular weight excluding hydrogens is 210 g/mol. The second-order valence-electron chi connectivity index (χ2n) is 3.99. The van der Waals surface area contributed by atoms with Crippen molar-refractivity contribution in [3.05, 3.63) is 11.6 Å². The van der Waals surface area contributed by atoms with Crippen LogP contribution in [-0.4, -0.2) is 23.1 Å². The lowest BCUT2D eigenvalue weighted by atomic mass is 10.2. The predicted octanol–water partition coefficient (Wildman–Crippen LogP) is 1.11. The molecule has 0 amide bonds. The molecule has 0 aromatic heterocycles. The van der Waals surface area contributed by atoms with Crippen LogP contribution in [-0.2, 0) is 14.3 Å². The van der Waals surface area contributed by atoms with E-state index in [1.165, 1.54) is 6.08 Å². The Morgan fingerprint density at radius 2 is 2.19 bits per heavy atom. The summed E-state index contributed by atoms with van der Waals surface area (Å²) in [4.78, 5) is 21.9. The van der Waals surface area contributed by atoms with Crippen molar-refractivity contribution in [3.8, 4) is 6.07 Å². The molecule has 0 aliphatic heterocycles. The van der Waals surface area contributed by atoms with Gasteiger partial charge in [-0.3, -0.25) is 4.79 Å². The van der Waals surface area contributed by atoms with Gasteiger partial charge in [0.2, 0.25) is 0 Å². The maximum atomic E-state index is 11.4. The van der Waals surface area contributed by atoms with Gasteiger partial charge < -0.3 is 9.84 Å². The van der Waals surface area contributed by atoms with Crippen molar-refractivity contribution in [3.63, 3.8) is 0 Å². The molecule has 5 heteroatoms. The molecule has 1 aliphatic rings. The highest BCUT2D eigenvalue weighted by Gasteiger charge is 2.42. The first-order chi connectivity index (χ1) is 7.45. The number of carbonyl (C=O) groups excluding carboxylic acids is 1. The van der Waals surface area contributed by atoms with Crippen molar-refractivity contribution in [1.29, 1.82) is 5.26 Å². The normalized spacial score (nSPS) is 23.8. The van der Waals surface area contributed by atoms with E-state index in [0.717, 1.165) is 0 Å². The van der Waals surface area contributed by atoms with Crippen LogP contribution >= 0.6 is 0 Å². The van der Waals surface area contributed by atoms with Gasteiger partial charge in [0.1, 0.15) is 11.6 Å². The maximum absolute atomic E-state index is 11.4. The fourth-order valence-electron chi connectivity index (χ4n) is 1.33. The lowest BCUT2D eigenvalue weighted by molar-refractivity contribution is -0.142. The quantitative estimate of drug-likeness (QED) is 0.438. The summed E-state index contributed by atoms with van der Waals surface area (Å²) in [6, 6.07) is 1.73. The SMILES string of the molecule is CC(C)OC(=O)/C(C#N)=C/[C@@H]1C[C@H]1C(=O)O. The van der Waals surface area contributed by atoms with Crippen LogP contribution < -0.4 is 0 Å². The van der Waals surface area contributed by atoms with Crippen molar-refractivity contribution in [1.82, 2.24) is 0 Å². The van der Waals surface area contributed by atoms with E-state index < -0.39 is 17.9 Å². The summed E-state index contributed by atoms with van der Waals surface area (Å²) in [5, 5.41) is 17.4. The molecule has 16 heavy (non-hydrogen) atoms. The minimum absolute atomic E-state index is 0.109. The Hall–Kier alpha value is -1.83. The van der Waals surface area contributed by atoms with Crippen LogP contribution in [0.5, 0.6) is 0 Å². The van der Waals surface area contributed by atoms with E-state index in [1.54, 1.807) is 19.9 Å². The van der Waals surface area contributed by atoms with Gasteiger partial charge in [0.15, 0.2) is 0 Å². The van der Waals surface area contributed by atoms with Crippen LogP contribution in [0.3, 0.4) is 0 Å². The molecule has 0 radical (unpaired) electrons. The number of carboxylic acids is 1. The fourth-order valence-corrected chi connectivity index (χ4v) is 1.33. The first-order valence-corrected chi connectivity index (χ1v) is 5.01. The highest BCUT2D eigenvalue weighted by atomic mass is 16.5. The zero-order valence-electron chi connectivity index (χ0n) is 9.14. The van der Waals surface area contributed by atoms with Crippen LogP contribution in [0.1, 0.15) is 20.3 Å². The van der Waals surface area contributed by atoms with E-state index in [9.17, 15) is 9.59 Å². The summed E-state index contributed by atoms with van der Waals surface area (Å²) < 4.78 is 4.85. The Bertz CT molecular complexity index is 378. The van der Waals surface area contributed by atoms with Gasteiger partial charge in [0.05, 0.1) is 12.0 Å². The lowest BCUT2D eigenvalue weighted by Crippen LogP contribution is -2.13. The van der Waals surface area contributed by atoms with Crippen molar-refractivity contribution >= 4 is 11.9 Å². The third-order valence-corrected chi connectivity index (χ3v) is 2.22. The smallest absolute Gasteiger partial charge is 0.348 e. The highest BCUT2D eigenvalue weighted by Crippen LogP contribution is 2.40. The standard InChI is InChI=1S/C11H13NO4/c1-6(2)16-11(15)8(5-12)3-7-4-9(7)10(13)14/h3,6-7,9H,4H2,1-2H3,(H,13,14)/b8-3+/t7-,9-/m1/s1. The topological polar surface area (TPSA) is 87.4 Å². The predicted molar refractivity (Wildman–Crippen MR) is 54.2 cm³/mol. The molecular formula is C11H13NO4. The number of allylic oxidation sites excluding steroid dienone is 1. The van der Waals surface area contributed by atoms with E-state index in [1.807, 2.05) is 0 Å². The molecule has 86 valence electrons. The zero-order valence-corrected chi connectivity index (χ0v) is 9.14. The second kappa shape index (κ2) is 4.79. The third kappa shape index (κ3) is 3.09. The second-order valence-corrected chi connectivity index (χ2v) is 3.99. The number of hydrogen-bond acceptors (Lipinski definition) is 4. The third-order valence-electron chi connectivity index (χ3n) is 2.22. The van der Waals surface area contributed by atoms with E-state index in [0.29, 0.717) is 6.42 Å². The Kier molecular flexibility index (Phi) is 3.67. The highest BCUT2D eigenvalue weighted by molar-refractivity contribution is 5.93. The van der Waals surface area contributed by atoms with Crippen molar-refractivity contribution in [2.24, 2.45) is 11.8 Å². The van der Waals surface area contributed by atoms with Gasteiger partial charge in [-0.1, -0.05) is 6.08 Å². The fraction of sp³-hybridized carbons (Fsp3) is 0.545. The first kappa shape index (κ1) is 12.2. The molecule has 0 saturated heterocycles. The summed E-state index contributed by atoms with van der Waals surface area (Å²) >= 11 is 0. The summed E-state index contributed by atoms with van der Waals surface area (Å²) in [7, 11) is 0. The molecule has 1 N–H and O–H groups in total. The van der Waals surface area contributed by atoms with Gasteiger partial charge in [-0.05, 0) is 26.2 Å². The van der Waals surface area contributed by atoms with Crippen molar-refractivity contribution in [2.75, 3.05) is 0 Å². The first-order valence-electron chi connectivity index (χ1n) is 5.01. The Morgan fingerprint density at radius 1 is 1.56 bits per heavy atom. The van der Waals surface area contributed by atoms with Gasteiger partial charge in [-0.2, -0.15) is 5.26 Å². The zero-order chi connectivity index (χ0) is 12.3. The number of hydrogen-bond donors (Lipinski definition) is 1. The van der Waals surface area contributed by atoms with Crippen molar-refractivity contribution in [2.45, 2.75) is 26.4 Å². The van der Waals surface area contributed by atoms with E-state index in [2.05, 4.69) is 0 Å². The molecule has 1 fully saturated rings. The number of nitrogens with zero attached hydrogens (tertiary/aromatic N) is 1. The molecule has 1 rings (SSSR count). The van der Waals surface area contributed by atoms with E-state index >= 15 is 0 Å². The number of rotatable bonds is 4. The molecule has 5 nitrogen and oxygen atoms in total. The summed E-state index contributed by atoms with van der Waals surface area (Å²) in [5.41, 5.74) is -0.109. The largest absolute Gasteiger partial charge is 0.481 e. The maximum Gasteiger partial charge on any atom is 0.348 e. The van der Waals surface area contributed by atoms with E-state index in [-0.39, 0.29) is 17.6 Å². The summed E-state index contributed by atoms with van der Waals surface area (Å²) in [5.74, 6) is -2.26. The van der Waals surface area contributed by atoms with Crippen molar-refractivity contribution < 1.29 is 19.4 Å². The molecule has 0 aromatic carbocycles. The van der Waals surface area contributed by atoms with Gasteiger partial charge in [-0.15, -0.1) is 0 Å². The van der Waals surface area contributed by atoms with Crippen LogP contribution in [0.4, 0.5) is 0 Å². The summed E-state index contributed by atoms with van der Waals surface area (Å²) in [6.07, 6.45) is 1.58. The number of aliphatic carboxylic acids is 1. The Morgan fingerprint density at radius 3 is 2.56 bits per heavy atom. The molecule has 0 bridgehead atoms. The number of carboxylic acid groups (broad SMARTS) is 1. The Labute approximate surface area is 93.3 Å².